The summed E-state index contributed by atoms with van der Waals surface area (Å²) in [7, 11) is 0. The quantitative estimate of drug-likeness (QED) is 0.696. The van der Waals surface area contributed by atoms with Gasteiger partial charge < -0.3 is 15.2 Å². The van der Waals surface area contributed by atoms with E-state index in [-0.39, 0.29) is 18.4 Å². The average molecular weight is 364 g/mol. The zero-order valence-electron chi connectivity index (χ0n) is 15.4. The molecule has 0 radical (unpaired) electrons. The third kappa shape index (κ3) is 7.57. The van der Waals surface area contributed by atoms with Crippen molar-refractivity contribution in [3.8, 4) is 0 Å². The molecule has 0 heterocycles. The standard InChI is InChI=1S/C21H29NO2.ClH/c1-4-21(19-11-7-17(3)8-12-19)22-13-20(23)15-24-14-18-9-5-16(2)6-10-18;/h5-12,20-23H,4,13-15H2,1-3H3;1H. The van der Waals surface area contributed by atoms with Crippen LogP contribution in [0, 0.1) is 13.8 Å². The van der Waals surface area contributed by atoms with Crippen LogP contribution >= 0.6 is 12.4 Å². The lowest BCUT2D eigenvalue weighted by atomic mass is 10.0. The van der Waals surface area contributed by atoms with Crippen LogP contribution in [0.25, 0.3) is 0 Å². The number of aliphatic hydroxyl groups excluding tert-OH is 1. The second-order valence-electron chi connectivity index (χ2n) is 6.43. The lowest BCUT2D eigenvalue weighted by Crippen LogP contribution is -2.33. The van der Waals surface area contributed by atoms with Gasteiger partial charge in [0.25, 0.3) is 0 Å². The van der Waals surface area contributed by atoms with Gasteiger partial charge in [-0.3, -0.25) is 0 Å². The van der Waals surface area contributed by atoms with E-state index in [9.17, 15) is 5.11 Å². The van der Waals surface area contributed by atoms with Crippen molar-refractivity contribution in [3.05, 3.63) is 70.8 Å². The Kier molecular flexibility index (Phi) is 9.76. The van der Waals surface area contributed by atoms with Gasteiger partial charge in [0, 0.05) is 12.6 Å². The van der Waals surface area contributed by atoms with Crippen molar-refractivity contribution in [3.63, 3.8) is 0 Å². The molecule has 3 nitrogen and oxygen atoms in total. The van der Waals surface area contributed by atoms with Crippen molar-refractivity contribution < 1.29 is 9.84 Å². The number of hydrogen-bond acceptors (Lipinski definition) is 3. The molecule has 2 aromatic rings. The Balaban J connectivity index is 0.00000312. The molecule has 2 aromatic carbocycles. The molecule has 0 fully saturated rings. The second kappa shape index (κ2) is 11.3. The second-order valence-corrected chi connectivity index (χ2v) is 6.43. The van der Waals surface area contributed by atoms with Gasteiger partial charge in [0.2, 0.25) is 0 Å². The van der Waals surface area contributed by atoms with Gasteiger partial charge in [-0.2, -0.15) is 0 Å². The molecule has 2 rings (SSSR count). The van der Waals surface area contributed by atoms with Crippen molar-refractivity contribution in [2.45, 2.75) is 45.9 Å². The molecule has 0 aromatic heterocycles. The highest BCUT2D eigenvalue weighted by atomic mass is 35.5. The number of halogens is 1. The minimum atomic E-state index is -0.505. The summed E-state index contributed by atoms with van der Waals surface area (Å²) in [6.07, 6.45) is 0.481. The zero-order chi connectivity index (χ0) is 17.4. The van der Waals surface area contributed by atoms with Crippen LogP contribution in [0.1, 0.15) is 41.6 Å². The first-order valence-electron chi connectivity index (χ1n) is 8.69. The molecule has 0 aliphatic rings. The first-order valence-corrected chi connectivity index (χ1v) is 8.69. The van der Waals surface area contributed by atoms with E-state index in [0.29, 0.717) is 19.8 Å². The van der Waals surface area contributed by atoms with Gasteiger partial charge in [-0.05, 0) is 31.4 Å². The van der Waals surface area contributed by atoms with E-state index in [1.165, 1.54) is 16.7 Å². The summed E-state index contributed by atoms with van der Waals surface area (Å²) in [5.41, 5.74) is 4.89. The molecule has 0 spiro atoms. The minimum Gasteiger partial charge on any atom is -0.389 e. The molecule has 0 saturated heterocycles. The molecule has 4 heteroatoms. The van der Waals surface area contributed by atoms with E-state index in [4.69, 9.17) is 4.74 Å². The van der Waals surface area contributed by atoms with E-state index in [1.54, 1.807) is 0 Å². The largest absolute Gasteiger partial charge is 0.389 e. The van der Waals surface area contributed by atoms with Crippen LogP contribution in [0.2, 0.25) is 0 Å². The van der Waals surface area contributed by atoms with Crippen LogP contribution in [0.15, 0.2) is 48.5 Å². The maximum absolute atomic E-state index is 10.1. The van der Waals surface area contributed by atoms with Gasteiger partial charge in [0.15, 0.2) is 0 Å². The highest BCUT2D eigenvalue weighted by Crippen LogP contribution is 2.17. The fourth-order valence-electron chi connectivity index (χ4n) is 2.63. The molecule has 2 unspecified atom stereocenters. The molecule has 0 aliphatic heterocycles. The number of ether oxygens (including phenoxy) is 1. The van der Waals surface area contributed by atoms with Crippen LogP contribution in [0.5, 0.6) is 0 Å². The summed E-state index contributed by atoms with van der Waals surface area (Å²) in [6, 6.07) is 17.1. The van der Waals surface area contributed by atoms with Crippen molar-refractivity contribution in [2.75, 3.05) is 13.2 Å². The molecule has 138 valence electrons. The molecule has 0 amide bonds. The molecule has 2 atom stereocenters. The Bertz CT molecular complexity index is 598. The van der Waals surface area contributed by atoms with Crippen molar-refractivity contribution in [1.82, 2.24) is 5.32 Å². The Morgan fingerprint density at radius 2 is 1.52 bits per heavy atom. The maximum atomic E-state index is 10.1. The van der Waals surface area contributed by atoms with E-state index in [0.717, 1.165) is 12.0 Å². The van der Waals surface area contributed by atoms with E-state index < -0.39 is 6.10 Å². The fourth-order valence-corrected chi connectivity index (χ4v) is 2.63. The van der Waals surface area contributed by atoms with Crippen LogP contribution in [0.4, 0.5) is 0 Å². The number of nitrogens with one attached hydrogen (secondary N) is 1. The van der Waals surface area contributed by atoms with E-state index >= 15 is 0 Å². The Labute approximate surface area is 157 Å². The highest BCUT2D eigenvalue weighted by molar-refractivity contribution is 5.85. The summed E-state index contributed by atoms with van der Waals surface area (Å²) in [4.78, 5) is 0. The van der Waals surface area contributed by atoms with Gasteiger partial charge in [-0.15, -0.1) is 12.4 Å². The van der Waals surface area contributed by atoms with Gasteiger partial charge in [-0.1, -0.05) is 66.6 Å². The SMILES string of the molecule is CCC(NCC(O)COCc1ccc(C)cc1)c1ccc(C)cc1.Cl. The molecule has 0 aliphatic carbocycles. The summed E-state index contributed by atoms with van der Waals surface area (Å²) >= 11 is 0. The minimum absolute atomic E-state index is 0. The average Bonchev–Trinajstić information content (AvgIpc) is 2.58. The Morgan fingerprint density at radius 1 is 0.960 bits per heavy atom. The molecule has 2 N–H and O–H groups in total. The highest BCUT2D eigenvalue weighted by Gasteiger charge is 2.11. The summed E-state index contributed by atoms with van der Waals surface area (Å²) in [6.45, 7) is 7.71. The molecular weight excluding hydrogens is 334 g/mol. The zero-order valence-corrected chi connectivity index (χ0v) is 16.2. The van der Waals surface area contributed by atoms with Crippen molar-refractivity contribution in [2.24, 2.45) is 0 Å². The van der Waals surface area contributed by atoms with Crippen LogP contribution in [-0.2, 0) is 11.3 Å². The molecular formula is C21H30ClNO2. The smallest absolute Gasteiger partial charge is 0.0898 e. The topological polar surface area (TPSA) is 41.5 Å². The first kappa shape index (κ1) is 21.7. The number of benzene rings is 2. The van der Waals surface area contributed by atoms with Crippen LogP contribution in [0.3, 0.4) is 0 Å². The molecule has 0 bridgehead atoms. The fraction of sp³-hybridized carbons (Fsp3) is 0.429. The summed E-state index contributed by atoms with van der Waals surface area (Å²) in [5, 5.41) is 13.6. The summed E-state index contributed by atoms with van der Waals surface area (Å²) in [5.74, 6) is 0. The van der Waals surface area contributed by atoms with Crippen molar-refractivity contribution in [1.29, 1.82) is 0 Å². The number of aryl methyl sites for hydroxylation is 2. The van der Waals surface area contributed by atoms with Crippen molar-refractivity contribution >= 4 is 12.4 Å². The Hall–Kier alpha value is -1.39. The number of aliphatic hydroxyl groups is 1. The monoisotopic (exact) mass is 363 g/mol. The maximum Gasteiger partial charge on any atom is 0.0898 e. The van der Waals surface area contributed by atoms with Crippen LogP contribution < -0.4 is 5.32 Å². The van der Waals surface area contributed by atoms with Gasteiger partial charge in [-0.25, -0.2) is 0 Å². The van der Waals surface area contributed by atoms with Gasteiger partial charge >= 0.3 is 0 Å². The molecule has 0 saturated carbocycles. The van der Waals surface area contributed by atoms with Gasteiger partial charge in [0.05, 0.1) is 19.3 Å². The number of hydrogen-bond donors (Lipinski definition) is 2. The van der Waals surface area contributed by atoms with E-state index in [2.05, 4.69) is 74.6 Å². The number of rotatable bonds is 9. The first-order chi connectivity index (χ1) is 11.6. The molecule has 25 heavy (non-hydrogen) atoms. The third-order valence-electron chi connectivity index (χ3n) is 4.19. The summed E-state index contributed by atoms with van der Waals surface area (Å²) < 4.78 is 5.62. The third-order valence-corrected chi connectivity index (χ3v) is 4.19. The normalized spacial score (nSPS) is 13.1. The van der Waals surface area contributed by atoms with Crippen LogP contribution in [-0.4, -0.2) is 24.4 Å². The lowest BCUT2D eigenvalue weighted by molar-refractivity contribution is 0.0275. The lowest BCUT2D eigenvalue weighted by Gasteiger charge is -2.20. The Morgan fingerprint density at radius 3 is 2.08 bits per heavy atom. The van der Waals surface area contributed by atoms with E-state index in [1.807, 2.05) is 0 Å². The van der Waals surface area contributed by atoms with Gasteiger partial charge in [0.1, 0.15) is 0 Å². The predicted octanol–water partition coefficient (Wildman–Crippen LogP) is 4.34. The predicted molar refractivity (Wildman–Crippen MR) is 106 cm³/mol.